The lowest BCUT2D eigenvalue weighted by atomic mass is 10.1. The monoisotopic (exact) mass is 257 g/mol. The first-order valence-corrected chi connectivity index (χ1v) is 6.40. The third-order valence-electron chi connectivity index (χ3n) is 2.96. The molecule has 0 aliphatic rings. The summed E-state index contributed by atoms with van der Waals surface area (Å²) in [6, 6.07) is 7.89. The van der Waals surface area contributed by atoms with E-state index >= 15 is 0 Å². The highest BCUT2D eigenvalue weighted by Gasteiger charge is 2.08. The van der Waals surface area contributed by atoms with Crippen LogP contribution >= 0.6 is 0 Å². The molecule has 0 radical (unpaired) electrons. The molecule has 0 unspecified atom stereocenters. The van der Waals surface area contributed by atoms with Gasteiger partial charge in [-0.05, 0) is 37.6 Å². The maximum Gasteiger partial charge on any atom is 0.218 e. The Morgan fingerprint density at radius 2 is 2.11 bits per heavy atom. The summed E-state index contributed by atoms with van der Waals surface area (Å²) in [5.74, 6) is 0.649. The number of ether oxygens (including phenoxy) is 1. The normalized spacial score (nSPS) is 10.5. The number of pyridine rings is 2. The van der Waals surface area contributed by atoms with Gasteiger partial charge in [-0.3, -0.25) is 4.98 Å². The third-order valence-corrected chi connectivity index (χ3v) is 2.96. The van der Waals surface area contributed by atoms with Gasteiger partial charge in [0.1, 0.15) is 0 Å². The number of hydrogen-bond donors (Lipinski definition) is 1. The molecule has 0 amide bonds. The highest BCUT2D eigenvalue weighted by molar-refractivity contribution is 5.35. The van der Waals surface area contributed by atoms with Crippen LogP contribution in [0.1, 0.15) is 22.5 Å². The Kier molecular flexibility index (Phi) is 4.47. The number of aromatic nitrogens is 2. The molecule has 2 aromatic rings. The number of nitrogens with two attached hydrogens (primary N) is 1. The molecule has 19 heavy (non-hydrogen) atoms. The van der Waals surface area contributed by atoms with Crippen molar-refractivity contribution in [1.29, 1.82) is 0 Å². The van der Waals surface area contributed by atoms with Crippen LogP contribution in [-0.2, 0) is 13.0 Å². The third kappa shape index (κ3) is 3.51. The molecule has 0 fully saturated rings. The smallest absolute Gasteiger partial charge is 0.218 e. The molecule has 2 aromatic heterocycles. The van der Waals surface area contributed by atoms with Crippen molar-refractivity contribution in [3.8, 4) is 5.88 Å². The van der Waals surface area contributed by atoms with E-state index in [0.717, 1.165) is 28.9 Å². The van der Waals surface area contributed by atoms with Crippen LogP contribution < -0.4 is 10.5 Å². The average Bonchev–Trinajstić information content (AvgIpc) is 2.39. The summed E-state index contributed by atoms with van der Waals surface area (Å²) in [6.07, 6.45) is 2.55. The maximum absolute atomic E-state index is 5.76. The lowest BCUT2D eigenvalue weighted by Gasteiger charge is -2.12. The Bertz CT molecular complexity index is 541. The Hall–Kier alpha value is -1.94. The summed E-state index contributed by atoms with van der Waals surface area (Å²) in [4.78, 5) is 8.68. The van der Waals surface area contributed by atoms with Gasteiger partial charge in [-0.25, -0.2) is 4.98 Å². The van der Waals surface area contributed by atoms with Crippen LogP contribution in [0, 0.1) is 13.8 Å². The number of rotatable bonds is 5. The van der Waals surface area contributed by atoms with Gasteiger partial charge in [0, 0.05) is 36.1 Å². The molecule has 100 valence electrons. The van der Waals surface area contributed by atoms with Gasteiger partial charge in [-0.2, -0.15) is 0 Å². The van der Waals surface area contributed by atoms with E-state index in [1.54, 1.807) is 6.20 Å². The summed E-state index contributed by atoms with van der Waals surface area (Å²) >= 11 is 0. The molecule has 0 aliphatic carbocycles. The zero-order valence-electron chi connectivity index (χ0n) is 11.4. The number of hydrogen-bond acceptors (Lipinski definition) is 4. The zero-order chi connectivity index (χ0) is 13.7. The predicted octanol–water partition coefficient (Wildman–Crippen LogP) is 2.17. The summed E-state index contributed by atoms with van der Waals surface area (Å²) in [6.45, 7) is 4.99. The van der Waals surface area contributed by atoms with E-state index in [1.807, 2.05) is 38.1 Å². The first-order valence-electron chi connectivity index (χ1n) is 6.40. The van der Waals surface area contributed by atoms with E-state index in [1.165, 1.54) is 0 Å². The van der Waals surface area contributed by atoms with Crippen LogP contribution in [0.25, 0.3) is 0 Å². The molecule has 0 spiro atoms. The fourth-order valence-electron chi connectivity index (χ4n) is 2.00. The average molecular weight is 257 g/mol. The van der Waals surface area contributed by atoms with Crippen molar-refractivity contribution >= 4 is 0 Å². The minimum atomic E-state index is 0.442. The lowest BCUT2D eigenvalue weighted by Crippen LogP contribution is -2.10. The van der Waals surface area contributed by atoms with Crippen LogP contribution in [0.15, 0.2) is 30.5 Å². The molecule has 2 N–H and O–H groups in total. The fraction of sp³-hybridized carbons (Fsp3) is 0.333. The first kappa shape index (κ1) is 13.5. The summed E-state index contributed by atoms with van der Waals surface area (Å²) in [5.41, 5.74) is 9.82. The predicted molar refractivity (Wildman–Crippen MR) is 75.0 cm³/mol. The molecule has 2 rings (SSSR count). The Labute approximate surface area is 113 Å². The van der Waals surface area contributed by atoms with Gasteiger partial charge in [0.25, 0.3) is 0 Å². The van der Waals surface area contributed by atoms with Crippen molar-refractivity contribution in [2.24, 2.45) is 5.73 Å². The molecule has 4 nitrogen and oxygen atoms in total. The topological polar surface area (TPSA) is 61.0 Å². The second-order valence-corrected chi connectivity index (χ2v) is 4.49. The Balaban J connectivity index is 2.03. The lowest BCUT2D eigenvalue weighted by molar-refractivity contribution is 0.304. The van der Waals surface area contributed by atoms with Crippen molar-refractivity contribution in [3.05, 3.63) is 53.0 Å². The first-order chi connectivity index (χ1) is 9.20. The molecule has 0 saturated carbocycles. The van der Waals surface area contributed by atoms with Gasteiger partial charge < -0.3 is 10.5 Å². The van der Waals surface area contributed by atoms with Gasteiger partial charge in [-0.15, -0.1) is 0 Å². The van der Waals surface area contributed by atoms with Gasteiger partial charge in [0.15, 0.2) is 0 Å². The molecule has 2 heterocycles. The van der Waals surface area contributed by atoms with E-state index in [-0.39, 0.29) is 0 Å². The minimum absolute atomic E-state index is 0.442. The van der Waals surface area contributed by atoms with Gasteiger partial charge in [-0.1, -0.05) is 6.07 Å². The molecular formula is C15H19N3O. The summed E-state index contributed by atoms with van der Waals surface area (Å²) in [5, 5.41) is 0. The Morgan fingerprint density at radius 1 is 1.26 bits per heavy atom. The molecule has 0 saturated heterocycles. The van der Waals surface area contributed by atoms with E-state index in [2.05, 4.69) is 9.97 Å². The molecule has 4 heteroatoms. The fourth-order valence-corrected chi connectivity index (χ4v) is 2.00. The second kappa shape index (κ2) is 6.29. The molecular weight excluding hydrogens is 238 g/mol. The zero-order valence-corrected chi connectivity index (χ0v) is 11.4. The van der Waals surface area contributed by atoms with Gasteiger partial charge in [0.05, 0.1) is 6.61 Å². The highest BCUT2D eigenvalue weighted by atomic mass is 16.5. The molecule has 0 atom stereocenters. The number of aryl methyl sites for hydroxylation is 2. The molecule has 0 aliphatic heterocycles. The largest absolute Gasteiger partial charge is 0.477 e. The SMILES string of the molecule is Cc1cc(C)c(CN)c(OCCc2ccccn2)n1. The highest BCUT2D eigenvalue weighted by Crippen LogP contribution is 2.20. The van der Waals surface area contributed by atoms with Crippen LogP contribution in [0.2, 0.25) is 0 Å². The minimum Gasteiger partial charge on any atom is -0.477 e. The van der Waals surface area contributed by atoms with E-state index in [9.17, 15) is 0 Å². The van der Waals surface area contributed by atoms with Crippen LogP contribution in [0.4, 0.5) is 0 Å². The molecule has 0 aromatic carbocycles. The quantitative estimate of drug-likeness (QED) is 0.891. The molecule has 0 bridgehead atoms. The van der Waals surface area contributed by atoms with Gasteiger partial charge >= 0.3 is 0 Å². The van der Waals surface area contributed by atoms with Crippen LogP contribution in [0.5, 0.6) is 5.88 Å². The van der Waals surface area contributed by atoms with Crippen molar-refractivity contribution in [3.63, 3.8) is 0 Å². The number of nitrogens with zero attached hydrogens (tertiary/aromatic N) is 2. The summed E-state index contributed by atoms with van der Waals surface area (Å²) in [7, 11) is 0. The van der Waals surface area contributed by atoms with Crippen molar-refractivity contribution in [2.45, 2.75) is 26.8 Å². The van der Waals surface area contributed by atoms with Gasteiger partial charge in [0.2, 0.25) is 5.88 Å². The van der Waals surface area contributed by atoms with E-state index in [0.29, 0.717) is 19.0 Å². The van der Waals surface area contributed by atoms with Crippen LogP contribution in [0.3, 0.4) is 0 Å². The Morgan fingerprint density at radius 3 is 2.79 bits per heavy atom. The second-order valence-electron chi connectivity index (χ2n) is 4.49. The maximum atomic E-state index is 5.76. The standard InChI is InChI=1S/C15H19N3O/c1-11-9-12(2)18-15(14(11)10-16)19-8-6-13-5-3-4-7-17-13/h3-5,7,9H,6,8,10,16H2,1-2H3. The van der Waals surface area contributed by atoms with Crippen LogP contribution in [-0.4, -0.2) is 16.6 Å². The van der Waals surface area contributed by atoms with Crippen molar-refractivity contribution < 1.29 is 4.74 Å². The van der Waals surface area contributed by atoms with E-state index in [4.69, 9.17) is 10.5 Å². The van der Waals surface area contributed by atoms with E-state index < -0.39 is 0 Å². The van der Waals surface area contributed by atoms with Crippen molar-refractivity contribution in [2.75, 3.05) is 6.61 Å². The summed E-state index contributed by atoms with van der Waals surface area (Å²) < 4.78 is 5.76. The van der Waals surface area contributed by atoms with Crippen molar-refractivity contribution in [1.82, 2.24) is 9.97 Å².